The van der Waals surface area contributed by atoms with E-state index in [-0.39, 0.29) is 25.6 Å². The molecule has 0 spiro atoms. The maximum Gasteiger partial charge on any atom is 0.472 e. The summed E-state index contributed by atoms with van der Waals surface area (Å²) >= 11 is 0. The summed E-state index contributed by atoms with van der Waals surface area (Å²) in [5.74, 6) is 0.0199. The molecule has 320 valence electrons. The quantitative estimate of drug-likeness (QED) is 0.0215. The van der Waals surface area contributed by atoms with Crippen LogP contribution in [0.25, 0.3) is 0 Å². The van der Waals surface area contributed by atoms with Gasteiger partial charge in [-0.15, -0.1) is 0 Å². The van der Waals surface area contributed by atoms with Crippen molar-refractivity contribution in [2.24, 2.45) is 5.92 Å². The minimum atomic E-state index is -4.37. The summed E-state index contributed by atoms with van der Waals surface area (Å²) in [6.45, 7) is 6.76. The number of hydrogen-bond acceptors (Lipinski definition) is 7. The molecule has 0 saturated heterocycles. The van der Waals surface area contributed by atoms with Crippen LogP contribution in [0.1, 0.15) is 201 Å². The largest absolute Gasteiger partial charge is 0.472 e. The number of esters is 2. The molecule has 0 aliphatic rings. The van der Waals surface area contributed by atoms with E-state index in [4.69, 9.17) is 18.5 Å². The molecule has 2 atom stereocenters. The summed E-state index contributed by atoms with van der Waals surface area (Å²) in [5.41, 5.74) is 0. The third-order valence-corrected chi connectivity index (χ3v) is 10.7. The number of hydrogen-bond donors (Lipinski definition) is 1. The van der Waals surface area contributed by atoms with Crippen LogP contribution < -0.4 is 0 Å². The summed E-state index contributed by atoms with van der Waals surface area (Å²) in [6.07, 6.45) is 35.4. The number of carbonyl (C=O) groups is 2. The van der Waals surface area contributed by atoms with E-state index in [0.717, 1.165) is 57.3 Å². The van der Waals surface area contributed by atoms with Gasteiger partial charge in [-0.1, -0.05) is 161 Å². The maximum atomic E-state index is 12.7. The Kier molecular flexibility index (Phi) is 35.3. The number of carbonyl (C=O) groups excluding carboxylic acids is 2. The van der Waals surface area contributed by atoms with Crippen LogP contribution in [0, 0.1) is 5.92 Å². The first kappa shape index (κ1) is 52.8. The highest BCUT2D eigenvalue weighted by Crippen LogP contribution is 2.43. The van der Waals surface area contributed by atoms with Crippen LogP contribution in [-0.4, -0.2) is 74.9 Å². The number of ether oxygens (including phenoxy) is 2. The Bertz CT molecular complexity index is 951. The molecular formula is C44H87NO8P+. The lowest BCUT2D eigenvalue weighted by molar-refractivity contribution is -0.870. The molecule has 0 aromatic carbocycles. The van der Waals surface area contributed by atoms with Crippen molar-refractivity contribution in [1.29, 1.82) is 0 Å². The molecule has 0 aromatic rings. The predicted octanol–water partition coefficient (Wildman–Crippen LogP) is 12.4. The Hall–Kier alpha value is -1.25. The second-order valence-corrected chi connectivity index (χ2v) is 18.4. The number of quaternary nitrogens is 1. The highest BCUT2D eigenvalue weighted by molar-refractivity contribution is 7.47. The van der Waals surface area contributed by atoms with E-state index in [9.17, 15) is 19.0 Å². The summed E-state index contributed by atoms with van der Waals surface area (Å²) in [6, 6.07) is 0. The highest BCUT2D eigenvalue weighted by Gasteiger charge is 2.27. The number of phosphoric acid groups is 1. The summed E-state index contributed by atoms with van der Waals surface area (Å²) in [4.78, 5) is 35.3. The van der Waals surface area contributed by atoms with Crippen LogP contribution in [0.2, 0.25) is 0 Å². The second-order valence-electron chi connectivity index (χ2n) is 16.9. The number of unbranched alkanes of at least 4 members (excludes halogenated alkanes) is 22. The van der Waals surface area contributed by atoms with E-state index in [2.05, 4.69) is 32.9 Å². The molecule has 0 radical (unpaired) electrons. The molecule has 0 saturated carbocycles. The van der Waals surface area contributed by atoms with Crippen molar-refractivity contribution in [3.63, 3.8) is 0 Å². The Morgan fingerprint density at radius 1 is 0.611 bits per heavy atom. The maximum absolute atomic E-state index is 12.7. The predicted molar refractivity (Wildman–Crippen MR) is 224 cm³/mol. The molecule has 0 bridgehead atoms. The first-order valence-electron chi connectivity index (χ1n) is 22.3. The Morgan fingerprint density at radius 3 is 1.54 bits per heavy atom. The Morgan fingerprint density at radius 2 is 1.06 bits per heavy atom. The van der Waals surface area contributed by atoms with Crippen LogP contribution in [0.5, 0.6) is 0 Å². The van der Waals surface area contributed by atoms with Gasteiger partial charge in [0.05, 0.1) is 27.7 Å². The topological polar surface area (TPSA) is 108 Å². The average Bonchev–Trinajstić information content (AvgIpc) is 3.10. The van der Waals surface area contributed by atoms with E-state index >= 15 is 0 Å². The number of likely N-dealkylation sites (N-methyl/N-ethyl adjacent to an activating group) is 1. The summed E-state index contributed by atoms with van der Waals surface area (Å²) in [5, 5.41) is 0. The molecule has 10 heteroatoms. The lowest BCUT2D eigenvalue weighted by atomic mass is 10.0. The molecule has 9 nitrogen and oxygen atoms in total. The van der Waals surface area contributed by atoms with Gasteiger partial charge < -0.3 is 18.9 Å². The smallest absolute Gasteiger partial charge is 0.462 e. The van der Waals surface area contributed by atoms with Gasteiger partial charge in [-0.25, -0.2) is 4.57 Å². The fraction of sp³-hybridized carbons (Fsp3) is 0.909. The molecule has 0 heterocycles. The molecule has 1 N–H and O–H groups in total. The second kappa shape index (κ2) is 36.1. The van der Waals surface area contributed by atoms with Crippen molar-refractivity contribution in [3.8, 4) is 0 Å². The van der Waals surface area contributed by atoms with E-state index in [0.29, 0.717) is 23.9 Å². The number of allylic oxidation sites excluding steroid dienone is 2. The molecule has 0 rings (SSSR count). The highest BCUT2D eigenvalue weighted by atomic mass is 31.2. The SMILES string of the molecule is CCCCCCCC/C=C\CCCCCCCC(=O)O[C@H](COC(=O)CCCCCCCCCCCCCCC(C)C)COP(=O)(O)OCC[N+](C)(C)C. The zero-order valence-electron chi connectivity index (χ0n) is 36.1. The van der Waals surface area contributed by atoms with Gasteiger partial charge in [-0.3, -0.25) is 18.6 Å². The third-order valence-electron chi connectivity index (χ3n) is 9.72. The van der Waals surface area contributed by atoms with Crippen molar-refractivity contribution in [2.75, 3.05) is 47.5 Å². The van der Waals surface area contributed by atoms with Gasteiger partial charge in [0.15, 0.2) is 6.10 Å². The lowest BCUT2D eigenvalue weighted by Crippen LogP contribution is -2.37. The van der Waals surface area contributed by atoms with Gasteiger partial charge in [0.25, 0.3) is 0 Å². The zero-order valence-corrected chi connectivity index (χ0v) is 37.0. The Balaban J connectivity index is 4.35. The van der Waals surface area contributed by atoms with Gasteiger partial charge in [-0.05, 0) is 44.4 Å². The minimum Gasteiger partial charge on any atom is -0.462 e. The number of phosphoric ester groups is 1. The van der Waals surface area contributed by atoms with Crippen molar-refractivity contribution in [2.45, 2.75) is 207 Å². The number of rotatable bonds is 40. The fourth-order valence-corrected chi connectivity index (χ4v) is 6.93. The monoisotopic (exact) mass is 789 g/mol. The minimum absolute atomic E-state index is 0.0326. The summed E-state index contributed by atoms with van der Waals surface area (Å²) < 4.78 is 34.3. The van der Waals surface area contributed by atoms with Crippen molar-refractivity contribution in [1.82, 2.24) is 0 Å². The van der Waals surface area contributed by atoms with E-state index in [1.807, 2.05) is 21.1 Å². The number of nitrogens with zero attached hydrogens (tertiary/aromatic N) is 1. The van der Waals surface area contributed by atoms with Gasteiger partial charge >= 0.3 is 19.8 Å². The van der Waals surface area contributed by atoms with Gasteiger partial charge in [-0.2, -0.15) is 0 Å². The molecule has 0 aliphatic carbocycles. The van der Waals surface area contributed by atoms with Crippen molar-refractivity contribution in [3.05, 3.63) is 12.2 Å². The van der Waals surface area contributed by atoms with Crippen molar-refractivity contribution >= 4 is 19.8 Å². The Labute approximate surface area is 333 Å². The fourth-order valence-electron chi connectivity index (χ4n) is 6.19. The normalized spacial score (nSPS) is 13.8. The molecule has 0 aliphatic heterocycles. The van der Waals surface area contributed by atoms with Gasteiger partial charge in [0.1, 0.15) is 19.8 Å². The van der Waals surface area contributed by atoms with Gasteiger partial charge in [0.2, 0.25) is 0 Å². The molecule has 0 fully saturated rings. The van der Waals surface area contributed by atoms with Crippen molar-refractivity contribution < 1.29 is 42.1 Å². The van der Waals surface area contributed by atoms with Crippen LogP contribution >= 0.6 is 7.82 Å². The third kappa shape index (κ3) is 40.4. The van der Waals surface area contributed by atoms with Crippen LogP contribution in [-0.2, 0) is 32.7 Å². The molecule has 0 aromatic heterocycles. The van der Waals surface area contributed by atoms with Gasteiger partial charge in [0, 0.05) is 12.8 Å². The van der Waals surface area contributed by atoms with E-state index < -0.39 is 26.5 Å². The molecule has 1 unspecified atom stereocenters. The van der Waals surface area contributed by atoms with E-state index in [1.165, 1.54) is 109 Å². The zero-order chi connectivity index (χ0) is 40.2. The van der Waals surface area contributed by atoms with Crippen LogP contribution in [0.15, 0.2) is 12.2 Å². The van der Waals surface area contributed by atoms with Crippen LogP contribution in [0.3, 0.4) is 0 Å². The lowest BCUT2D eigenvalue weighted by Gasteiger charge is -2.24. The van der Waals surface area contributed by atoms with Crippen LogP contribution in [0.4, 0.5) is 0 Å². The van der Waals surface area contributed by atoms with E-state index in [1.54, 1.807) is 0 Å². The summed E-state index contributed by atoms with van der Waals surface area (Å²) in [7, 11) is 1.48. The molecular weight excluding hydrogens is 701 g/mol. The average molecular weight is 789 g/mol. The standard InChI is InChI=1S/C44H86NO8P/c1-7-8-9-10-11-12-13-14-15-16-21-24-27-30-33-36-44(47)53-42(40-52-54(48,49)51-38-37-45(4,5)6)39-50-43(46)35-32-29-26-23-20-18-17-19-22-25-28-31-34-41(2)3/h14-15,41-42H,7-13,16-40H2,1-6H3/p+1/b15-14-/t42-/m1/s1. The molecule has 0 amide bonds. The molecule has 54 heavy (non-hydrogen) atoms. The first-order chi connectivity index (χ1) is 25.8. The first-order valence-corrected chi connectivity index (χ1v) is 23.8.